The lowest BCUT2D eigenvalue weighted by atomic mass is 9.92. The highest BCUT2D eigenvalue weighted by molar-refractivity contribution is 7.90. The number of aryl methyl sites for hydroxylation is 1. The van der Waals surface area contributed by atoms with E-state index in [1.807, 2.05) is 37.4 Å². The smallest absolute Gasteiger partial charge is 0.268 e. The summed E-state index contributed by atoms with van der Waals surface area (Å²) in [5, 5.41) is 4.57. The van der Waals surface area contributed by atoms with E-state index in [9.17, 15) is 8.42 Å². The van der Waals surface area contributed by atoms with E-state index in [4.69, 9.17) is 4.74 Å². The molecular weight excluding hydrogens is 432 g/mol. The highest BCUT2D eigenvalue weighted by Crippen LogP contribution is 2.36. The minimum absolute atomic E-state index is 0.203. The van der Waals surface area contributed by atoms with Gasteiger partial charge in [-0.15, -0.1) is 0 Å². The molecule has 1 saturated carbocycles. The normalized spacial score (nSPS) is 20.8. The molecule has 33 heavy (non-hydrogen) atoms. The number of nitrogens with zero attached hydrogens (tertiary/aromatic N) is 1. The second-order valence-corrected chi connectivity index (χ2v) is 11.6. The molecule has 2 atom stereocenters. The molecule has 2 unspecified atom stereocenters. The fourth-order valence-corrected chi connectivity index (χ4v) is 6.77. The van der Waals surface area contributed by atoms with Gasteiger partial charge < -0.3 is 10.1 Å². The van der Waals surface area contributed by atoms with E-state index in [1.54, 1.807) is 12.1 Å². The molecule has 1 saturated heterocycles. The summed E-state index contributed by atoms with van der Waals surface area (Å²) in [4.78, 5) is 0.311. The summed E-state index contributed by atoms with van der Waals surface area (Å²) in [6.45, 7) is 5.18. The van der Waals surface area contributed by atoms with Gasteiger partial charge in [-0.2, -0.15) is 0 Å². The Morgan fingerprint density at radius 3 is 2.45 bits per heavy atom. The number of hydrogen-bond acceptors (Lipinski definition) is 4. The first-order chi connectivity index (χ1) is 15.9. The molecule has 0 bridgehead atoms. The lowest BCUT2D eigenvalue weighted by molar-refractivity contribution is 0.155. The van der Waals surface area contributed by atoms with Crippen LogP contribution in [0.3, 0.4) is 0 Å². The topological polar surface area (TPSA) is 60.3 Å². The lowest BCUT2D eigenvalue weighted by Crippen LogP contribution is -2.27. The standard InChI is InChI=1S/C27H34N2O3S/c1-19-10-13-23(14-11-19)33(30,31)29-18-25(20(2)26-9-6-16-28-26)24-17-22(12-15-27(24)29)32-21-7-4-3-5-8-21/h10-15,17-18,20-21,26,28H,3-9,16H2,1-2H3. The van der Waals surface area contributed by atoms with Crippen molar-refractivity contribution in [2.24, 2.45) is 0 Å². The van der Waals surface area contributed by atoms with Crippen LogP contribution < -0.4 is 10.1 Å². The molecular formula is C27H34N2O3S. The molecule has 1 N–H and O–H groups in total. The van der Waals surface area contributed by atoms with Crippen molar-refractivity contribution in [3.8, 4) is 5.75 Å². The van der Waals surface area contributed by atoms with Crippen molar-refractivity contribution in [1.82, 2.24) is 9.29 Å². The third-order valence-electron chi connectivity index (χ3n) is 7.40. The van der Waals surface area contributed by atoms with Crippen LogP contribution in [-0.4, -0.2) is 31.1 Å². The van der Waals surface area contributed by atoms with Gasteiger partial charge in [0.2, 0.25) is 0 Å². The molecule has 6 heteroatoms. The van der Waals surface area contributed by atoms with E-state index in [0.29, 0.717) is 16.5 Å². The van der Waals surface area contributed by atoms with Gasteiger partial charge in [-0.25, -0.2) is 12.4 Å². The largest absolute Gasteiger partial charge is 0.490 e. The van der Waals surface area contributed by atoms with Crippen LogP contribution >= 0.6 is 0 Å². The van der Waals surface area contributed by atoms with Crippen molar-refractivity contribution in [2.75, 3.05) is 6.54 Å². The summed E-state index contributed by atoms with van der Waals surface area (Å²) in [6.07, 6.45) is 10.3. The summed E-state index contributed by atoms with van der Waals surface area (Å²) in [5.74, 6) is 1.04. The third kappa shape index (κ3) is 4.43. The molecule has 176 valence electrons. The molecule has 1 aliphatic heterocycles. The van der Waals surface area contributed by atoms with E-state index in [2.05, 4.69) is 18.3 Å². The maximum atomic E-state index is 13.6. The van der Waals surface area contributed by atoms with E-state index in [-0.39, 0.29) is 12.0 Å². The monoisotopic (exact) mass is 466 g/mol. The fraction of sp³-hybridized carbons (Fsp3) is 0.481. The maximum absolute atomic E-state index is 13.6. The van der Waals surface area contributed by atoms with E-state index in [1.165, 1.54) is 23.2 Å². The van der Waals surface area contributed by atoms with Gasteiger partial charge in [0.05, 0.1) is 16.5 Å². The maximum Gasteiger partial charge on any atom is 0.268 e. The molecule has 3 aromatic rings. The van der Waals surface area contributed by atoms with E-state index in [0.717, 1.165) is 54.5 Å². The van der Waals surface area contributed by atoms with Crippen molar-refractivity contribution in [3.63, 3.8) is 0 Å². The fourth-order valence-electron chi connectivity index (χ4n) is 5.39. The number of aromatic nitrogens is 1. The molecule has 0 radical (unpaired) electrons. The Balaban J connectivity index is 1.59. The Morgan fingerprint density at radius 2 is 1.76 bits per heavy atom. The first kappa shape index (κ1) is 22.5. The SMILES string of the molecule is Cc1ccc(S(=O)(=O)n2cc(C(C)C3CCCN3)c3cc(OC4CCCCC4)ccc32)cc1. The Labute approximate surface area is 197 Å². The first-order valence-corrected chi connectivity index (χ1v) is 13.7. The summed E-state index contributed by atoms with van der Waals surface area (Å²) in [6, 6.07) is 13.3. The second-order valence-electron chi connectivity index (χ2n) is 9.75. The zero-order valence-electron chi connectivity index (χ0n) is 19.6. The number of rotatable bonds is 6. The Kier molecular flexibility index (Phi) is 6.23. The first-order valence-electron chi connectivity index (χ1n) is 12.3. The van der Waals surface area contributed by atoms with Gasteiger partial charge >= 0.3 is 0 Å². The van der Waals surface area contributed by atoms with Crippen LogP contribution in [0.5, 0.6) is 5.75 Å². The van der Waals surface area contributed by atoms with Gasteiger partial charge in [0, 0.05) is 17.6 Å². The van der Waals surface area contributed by atoms with Gasteiger partial charge in [-0.1, -0.05) is 31.0 Å². The predicted octanol–water partition coefficient (Wildman–Crippen LogP) is 5.75. The molecule has 0 amide bonds. The molecule has 0 spiro atoms. The minimum atomic E-state index is -3.70. The summed E-state index contributed by atoms with van der Waals surface area (Å²) in [7, 11) is -3.70. The summed E-state index contributed by atoms with van der Waals surface area (Å²) >= 11 is 0. The van der Waals surface area contributed by atoms with Crippen LogP contribution in [0.2, 0.25) is 0 Å². The number of benzene rings is 2. The quantitative estimate of drug-likeness (QED) is 0.502. The Hall–Kier alpha value is -2.31. The number of nitrogens with one attached hydrogen (secondary N) is 1. The predicted molar refractivity (Wildman–Crippen MR) is 133 cm³/mol. The van der Waals surface area contributed by atoms with Gasteiger partial charge in [-0.05, 0) is 93.8 Å². The van der Waals surface area contributed by atoms with E-state index >= 15 is 0 Å². The van der Waals surface area contributed by atoms with Crippen molar-refractivity contribution in [2.45, 2.75) is 81.8 Å². The molecule has 1 aromatic heterocycles. The minimum Gasteiger partial charge on any atom is -0.490 e. The van der Waals surface area contributed by atoms with Crippen LogP contribution in [0, 0.1) is 6.92 Å². The van der Waals surface area contributed by atoms with Crippen molar-refractivity contribution < 1.29 is 13.2 Å². The van der Waals surface area contributed by atoms with Crippen molar-refractivity contribution in [3.05, 3.63) is 59.8 Å². The average Bonchev–Trinajstić information content (AvgIpc) is 3.48. The number of hydrogen-bond donors (Lipinski definition) is 1. The van der Waals surface area contributed by atoms with Gasteiger partial charge in [0.15, 0.2) is 0 Å². The molecule has 2 aliphatic rings. The third-order valence-corrected chi connectivity index (χ3v) is 9.09. The summed E-state index contributed by atoms with van der Waals surface area (Å²) in [5.41, 5.74) is 2.82. The molecule has 2 aromatic carbocycles. The Bertz CT molecular complexity index is 1220. The van der Waals surface area contributed by atoms with Crippen molar-refractivity contribution in [1.29, 1.82) is 0 Å². The zero-order valence-corrected chi connectivity index (χ0v) is 20.4. The molecule has 2 heterocycles. The number of fused-ring (bicyclic) bond motifs is 1. The highest BCUT2D eigenvalue weighted by atomic mass is 32.2. The Morgan fingerprint density at radius 1 is 1.00 bits per heavy atom. The average molecular weight is 467 g/mol. The van der Waals surface area contributed by atoms with Crippen molar-refractivity contribution >= 4 is 20.9 Å². The van der Waals surface area contributed by atoms with Gasteiger partial charge in [0.25, 0.3) is 10.0 Å². The van der Waals surface area contributed by atoms with Gasteiger partial charge in [-0.3, -0.25) is 0 Å². The van der Waals surface area contributed by atoms with Crippen LogP contribution in [0.4, 0.5) is 0 Å². The highest BCUT2D eigenvalue weighted by Gasteiger charge is 2.28. The number of ether oxygens (including phenoxy) is 1. The molecule has 5 nitrogen and oxygen atoms in total. The molecule has 5 rings (SSSR count). The van der Waals surface area contributed by atoms with E-state index < -0.39 is 10.0 Å². The van der Waals surface area contributed by atoms with Crippen LogP contribution in [-0.2, 0) is 10.0 Å². The van der Waals surface area contributed by atoms with Gasteiger partial charge in [0.1, 0.15) is 5.75 Å². The zero-order chi connectivity index (χ0) is 23.0. The van der Waals surface area contributed by atoms with Crippen LogP contribution in [0.1, 0.15) is 68.9 Å². The van der Waals surface area contributed by atoms with Crippen LogP contribution in [0.25, 0.3) is 10.9 Å². The second kappa shape index (κ2) is 9.15. The summed E-state index contributed by atoms with van der Waals surface area (Å²) < 4.78 is 35.1. The molecule has 2 fully saturated rings. The lowest BCUT2D eigenvalue weighted by Gasteiger charge is -2.23. The van der Waals surface area contributed by atoms with Crippen LogP contribution in [0.15, 0.2) is 53.6 Å². The molecule has 1 aliphatic carbocycles.